The second-order valence-electron chi connectivity index (χ2n) is 9.47. The van der Waals surface area contributed by atoms with E-state index in [4.69, 9.17) is 5.73 Å². The van der Waals surface area contributed by atoms with Crippen LogP contribution in [0, 0.1) is 18.3 Å². The van der Waals surface area contributed by atoms with Gasteiger partial charge in [-0.3, -0.25) is 0 Å². The summed E-state index contributed by atoms with van der Waals surface area (Å²) in [6.45, 7) is 2.55. The van der Waals surface area contributed by atoms with Gasteiger partial charge in [-0.1, -0.05) is 84.9 Å². The zero-order valence-electron chi connectivity index (χ0n) is 20.8. The fourth-order valence-electron chi connectivity index (χ4n) is 5.51. The lowest BCUT2D eigenvalue weighted by Gasteiger charge is -2.17. The van der Waals surface area contributed by atoms with Crippen molar-refractivity contribution in [3.05, 3.63) is 137 Å². The number of rotatable bonds is 5. The van der Waals surface area contributed by atoms with Gasteiger partial charge in [0.2, 0.25) is 0 Å². The smallest absolute Gasteiger partial charge is 0.101 e. The van der Waals surface area contributed by atoms with Crippen LogP contribution in [0.3, 0.4) is 0 Å². The molecule has 0 aliphatic carbocycles. The minimum absolute atomic E-state index is 0.401. The lowest BCUT2D eigenvalue weighted by Crippen LogP contribution is -2.07. The summed E-state index contributed by atoms with van der Waals surface area (Å²) in [4.78, 5) is 0. The highest BCUT2D eigenvalue weighted by molar-refractivity contribution is 6.09. The van der Waals surface area contributed by atoms with Crippen LogP contribution in [-0.2, 0) is 13.0 Å². The molecule has 2 N–H and O–H groups in total. The molecule has 0 fully saturated rings. The van der Waals surface area contributed by atoms with Crippen LogP contribution in [0.5, 0.6) is 0 Å². The molecule has 6 rings (SSSR count). The van der Waals surface area contributed by atoms with Gasteiger partial charge in [0, 0.05) is 17.3 Å². The number of nitrogens with two attached hydrogens (primary N) is 1. The van der Waals surface area contributed by atoms with Crippen molar-refractivity contribution in [3.63, 3.8) is 0 Å². The molecule has 1 heterocycles. The molecular formula is C34H27N3. The molecule has 178 valence electrons. The van der Waals surface area contributed by atoms with Crippen LogP contribution in [0.4, 0.5) is 0 Å². The van der Waals surface area contributed by atoms with Gasteiger partial charge in [0.15, 0.2) is 0 Å². The Hall–Kier alpha value is -4.65. The predicted octanol–water partition coefficient (Wildman–Crippen LogP) is 7.68. The largest absolute Gasteiger partial charge is 0.326 e. The first-order valence-electron chi connectivity index (χ1n) is 12.6. The molecule has 0 amide bonds. The molecule has 0 saturated carbocycles. The van der Waals surface area contributed by atoms with Gasteiger partial charge in [-0.2, -0.15) is 5.26 Å². The number of nitriles is 1. The molecule has 0 aliphatic rings. The quantitative estimate of drug-likeness (QED) is 0.277. The number of hydrogen-bond donors (Lipinski definition) is 1. The Morgan fingerprint density at radius 2 is 1.27 bits per heavy atom. The Labute approximate surface area is 217 Å². The van der Waals surface area contributed by atoms with Crippen molar-refractivity contribution in [1.82, 2.24) is 4.57 Å². The Morgan fingerprint density at radius 3 is 1.92 bits per heavy atom. The van der Waals surface area contributed by atoms with E-state index < -0.39 is 0 Å². The number of benzene rings is 5. The summed E-state index contributed by atoms with van der Waals surface area (Å²) in [5.74, 6) is 0. The van der Waals surface area contributed by atoms with Gasteiger partial charge >= 0.3 is 0 Å². The third-order valence-electron chi connectivity index (χ3n) is 7.31. The number of para-hydroxylation sites is 2. The zero-order chi connectivity index (χ0) is 25.4. The van der Waals surface area contributed by atoms with E-state index in [0.717, 1.165) is 27.8 Å². The highest BCUT2D eigenvalue weighted by atomic mass is 15.0. The maximum atomic E-state index is 10.3. The van der Waals surface area contributed by atoms with E-state index in [9.17, 15) is 5.26 Å². The van der Waals surface area contributed by atoms with Crippen molar-refractivity contribution in [2.24, 2.45) is 5.73 Å². The Kier molecular flexibility index (Phi) is 5.81. The Morgan fingerprint density at radius 1 is 0.676 bits per heavy atom. The van der Waals surface area contributed by atoms with Crippen LogP contribution >= 0.6 is 0 Å². The van der Waals surface area contributed by atoms with Crippen molar-refractivity contribution >= 4 is 21.8 Å². The third-order valence-corrected chi connectivity index (χ3v) is 7.31. The number of hydrogen-bond acceptors (Lipinski definition) is 2. The van der Waals surface area contributed by atoms with Crippen LogP contribution in [0.2, 0.25) is 0 Å². The van der Waals surface area contributed by atoms with Gasteiger partial charge in [0.05, 0.1) is 22.3 Å². The summed E-state index contributed by atoms with van der Waals surface area (Å²) >= 11 is 0. The number of aryl methyl sites for hydroxylation is 1. The molecule has 0 saturated heterocycles. The van der Waals surface area contributed by atoms with Gasteiger partial charge in [-0.15, -0.1) is 0 Å². The fraction of sp³-hybridized carbons (Fsp3) is 0.0882. The average molecular weight is 478 g/mol. The maximum Gasteiger partial charge on any atom is 0.101 e. The van der Waals surface area contributed by atoms with Crippen molar-refractivity contribution < 1.29 is 0 Å². The normalized spacial score (nSPS) is 11.2. The monoisotopic (exact) mass is 477 g/mol. The first-order valence-corrected chi connectivity index (χ1v) is 12.6. The minimum atomic E-state index is 0.401. The topological polar surface area (TPSA) is 54.7 Å². The molecule has 0 spiro atoms. The van der Waals surface area contributed by atoms with Crippen LogP contribution in [0.15, 0.2) is 109 Å². The molecule has 5 aromatic carbocycles. The van der Waals surface area contributed by atoms with Crippen molar-refractivity contribution in [1.29, 1.82) is 5.26 Å². The predicted molar refractivity (Wildman–Crippen MR) is 153 cm³/mol. The standard InChI is InChI=1S/C34H27N3/c1-23-10-2-4-12-28(23)29-13-5-3-11-24(29)18-25-19-27(22-36)34(20-26(25)21-35)37-32-16-8-6-14-30(32)31-15-7-9-17-33(31)37/h2-17,19-20H,18,21,35H2,1H3. The molecule has 0 bridgehead atoms. The molecule has 0 aliphatic heterocycles. The number of nitrogens with zero attached hydrogens (tertiary/aromatic N) is 2. The van der Waals surface area contributed by atoms with E-state index in [2.05, 4.69) is 109 Å². The first-order chi connectivity index (χ1) is 18.2. The van der Waals surface area contributed by atoms with Crippen LogP contribution in [0.25, 0.3) is 38.6 Å². The van der Waals surface area contributed by atoms with E-state index in [1.165, 1.54) is 33.0 Å². The Balaban J connectivity index is 1.53. The van der Waals surface area contributed by atoms with E-state index in [1.54, 1.807) is 0 Å². The molecule has 0 atom stereocenters. The molecule has 3 heteroatoms. The first kappa shape index (κ1) is 22.8. The van der Waals surface area contributed by atoms with Gasteiger partial charge in [0.1, 0.15) is 6.07 Å². The fourth-order valence-corrected chi connectivity index (χ4v) is 5.51. The Bertz CT molecular complexity index is 1760. The lowest BCUT2D eigenvalue weighted by atomic mass is 9.90. The van der Waals surface area contributed by atoms with E-state index in [-0.39, 0.29) is 0 Å². The van der Waals surface area contributed by atoms with Gasteiger partial charge < -0.3 is 10.3 Å². The van der Waals surface area contributed by atoms with Crippen molar-refractivity contribution in [3.8, 4) is 22.9 Å². The summed E-state index contributed by atoms with van der Waals surface area (Å²) in [6, 6.07) is 40.3. The molecule has 37 heavy (non-hydrogen) atoms. The average Bonchev–Trinajstić information content (AvgIpc) is 3.28. The summed E-state index contributed by atoms with van der Waals surface area (Å²) < 4.78 is 2.20. The number of aromatic nitrogens is 1. The number of fused-ring (bicyclic) bond motifs is 3. The molecule has 3 nitrogen and oxygen atoms in total. The second-order valence-corrected chi connectivity index (χ2v) is 9.47. The van der Waals surface area contributed by atoms with Crippen molar-refractivity contribution in [2.45, 2.75) is 19.9 Å². The third kappa shape index (κ3) is 3.89. The van der Waals surface area contributed by atoms with Gasteiger partial charge in [0.25, 0.3) is 0 Å². The summed E-state index contributed by atoms with van der Waals surface area (Å²) in [5.41, 5.74) is 17.1. The second kappa shape index (κ2) is 9.43. The molecule has 0 unspecified atom stereocenters. The van der Waals surface area contributed by atoms with Crippen LogP contribution in [0.1, 0.15) is 27.8 Å². The minimum Gasteiger partial charge on any atom is -0.326 e. The van der Waals surface area contributed by atoms with Crippen molar-refractivity contribution in [2.75, 3.05) is 0 Å². The summed E-state index contributed by atoms with van der Waals surface area (Å²) in [7, 11) is 0. The molecule has 0 radical (unpaired) electrons. The lowest BCUT2D eigenvalue weighted by molar-refractivity contribution is 1.01. The molecular weight excluding hydrogens is 450 g/mol. The summed E-state index contributed by atoms with van der Waals surface area (Å²) in [6.07, 6.45) is 0.708. The highest BCUT2D eigenvalue weighted by Gasteiger charge is 2.18. The van der Waals surface area contributed by atoms with E-state index in [1.807, 2.05) is 18.2 Å². The molecule has 6 aromatic rings. The zero-order valence-corrected chi connectivity index (χ0v) is 20.8. The van der Waals surface area contributed by atoms with Gasteiger partial charge in [-0.25, -0.2) is 0 Å². The van der Waals surface area contributed by atoms with E-state index in [0.29, 0.717) is 18.5 Å². The summed E-state index contributed by atoms with van der Waals surface area (Å²) in [5, 5.41) is 12.6. The van der Waals surface area contributed by atoms with Crippen LogP contribution in [-0.4, -0.2) is 4.57 Å². The van der Waals surface area contributed by atoms with E-state index >= 15 is 0 Å². The maximum absolute atomic E-state index is 10.3. The van der Waals surface area contributed by atoms with Crippen LogP contribution < -0.4 is 5.73 Å². The molecule has 1 aromatic heterocycles. The van der Waals surface area contributed by atoms with Gasteiger partial charge in [-0.05, 0) is 71.0 Å². The SMILES string of the molecule is Cc1ccccc1-c1ccccc1Cc1cc(C#N)c(-n2c3ccccc3c3ccccc32)cc1CN. The highest BCUT2D eigenvalue weighted by Crippen LogP contribution is 2.35.